The van der Waals surface area contributed by atoms with Crippen molar-refractivity contribution in [3.63, 3.8) is 0 Å². The predicted octanol–water partition coefficient (Wildman–Crippen LogP) is 3.31. The lowest BCUT2D eigenvalue weighted by Gasteiger charge is -2.19. The fourth-order valence-corrected chi connectivity index (χ4v) is 1.62. The average molecular weight is 221 g/mol. The Balaban J connectivity index is 2.68. The van der Waals surface area contributed by atoms with Gasteiger partial charge in [0.05, 0.1) is 0 Å². The number of nitrogens with one attached hydrogen (secondary N) is 1. The molecule has 0 spiro atoms. The van der Waals surface area contributed by atoms with Gasteiger partial charge in [-0.2, -0.15) is 0 Å². The molecule has 0 heterocycles. The van der Waals surface area contributed by atoms with Gasteiger partial charge in [-0.25, -0.2) is 4.39 Å². The zero-order valence-corrected chi connectivity index (χ0v) is 10.1. The van der Waals surface area contributed by atoms with Gasteiger partial charge in [0.2, 0.25) is 0 Å². The second kappa shape index (κ2) is 6.44. The molecule has 16 heavy (non-hydrogen) atoms. The molecule has 0 fully saturated rings. The summed E-state index contributed by atoms with van der Waals surface area (Å²) in [5, 5.41) is 3.38. The number of rotatable bonds is 6. The van der Waals surface area contributed by atoms with Gasteiger partial charge in [0.1, 0.15) is 5.82 Å². The van der Waals surface area contributed by atoms with Crippen molar-refractivity contribution in [2.45, 2.75) is 32.7 Å². The zero-order chi connectivity index (χ0) is 12.0. The molecule has 1 rings (SSSR count). The van der Waals surface area contributed by atoms with Gasteiger partial charge in [0.15, 0.2) is 0 Å². The van der Waals surface area contributed by atoms with E-state index < -0.39 is 0 Å². The Labute approximate surface area is 97.4 Å². The summed E-state index contributed by atoms with van der Waals surface area (Å²) in [7, 11) is 0. The average Bonchev–Trinajstić information content (AvgIpc) is 2.26. The molecule has 0 aliphatic carbocycles. The summed E-state index contributed by atoms with van der Waals surface area (Å²) in [6.45, 7) is 8.98. The lowest BCUT2D eigenvalue weighted by molar-refractivity contribution is 0.541. The van der Waals surface area contributed by atoms with Crippen molar-refractivity contribution in [1.29, 1.82) is 0 Å². The summed E-state index contributed by atoms with van der Waals surface area (Å²) < 4.78 is 13.5. The lowest BCUT2D eigenvalue weighted by Crippen LogP contribution is -2.32. The molecule has 1 nitrogen and oxygen atoms in total. The lowest BCUT2D eigenvalue weighted by atomic mass is 10.0. The van der Waals surface area contributed by atoms with Crippen LogP contribution >= 0.6 is 0 Å². The van der Waals surface area contributed by atoms with Gasteiger partial charge in [-0.1, -0.05) is 37.3 Å². The molecule has 0 aliphatic heterocycles. The minimum absolute atomic E-state index is 0.132. The molecule has 0 saturated carbocycles. The maximum absolute atomic E-state index is 13.5. The highest BCUT2D eigenvalue weighted by Gasteiger charge is 2.11. The fourth-order valence-electron chi connectivity index (χ4n) is 1.62. The minimum Gasteiger partial charge on any atom is -0.310 e. The van der Waals surface area contributed by atoms with E-state index in [1.807, 2.05) is 19.1 Å². The van der Waals surface area contributed by atoms with Gasteiger partial charge >= 0.3 is 0 Å². The van der Waals surface area contributed by atoms with Crippen molar-refractivity contribution < 1.29 is 4.39 Å². The molecule has 88 valence electrons. The van der Waals surface area contributed by atoms with Crippen molar-refractivity contribution in [1.82, 2.24) is 5.32 Å². The van der Waals surface area contributed by atoms with E-state index in [0.29, 0.717) is 6.42 Å². The third-order valence-electron chi connectivity index (χ3n) is 2.62. The Bertz CT molecular complexity index is 346. The Morgan fingerprint density at radius 3 is 2.69 bits per heavy atom. The van der Waals surface area contributed by atoms with Crippen LogP contribution in [-0.2, 0) is 6.42 Å². The van der Waals surface area contributed by atoms with Gasteiger partial charge < -0.3 is 5.32 Å². The summed E-state index contributed by atoms with van der Waals surface area (Å²) in [4.78, 5) is 0. The molecule has 0 bridgehead atoms. The first-order valence-electron chi connectivity index (χ1n) is 5.77. The molecule has 0 saturated heterocycles. The van der Waals surface area contributed by atoms with Crippen LogP contribution in [0.2, 0.25) is 0 Å². The van der Waals surface area contributed by atoms with Gasteiger partial charge in [-0.05, 0) is 37.9 Å². The van der Waals surface area contributed by atoms with Crippen LogP contribution in [0.15, 0.2) is 36.4 Å². The second-order valence-corrected chi connectivity index (χ2v) is 4.15. The third kappa shape index (κ3) is 3.78. The standard InChI is InChI=1S/C14H20FN/c1-4-9-16-14(11(2)3)10-12-7-5-6-8-13(12)15/h5-8,14,16H,2,4,9-10H2,1,3H3. The molecule has 1 N–H and O–H groups in total. The molecule has 1 unspecified atom stereocenters. The Morgan fingerprint density at radius 1 is 1.44 bits per heavy atom. The SMILES string of the molecule is C=C(C)C(Cc1ccccc1F)NCCC. The van der Waals surface area contributed by atoms with Gasteiger partial charge in [-0.3, -0.25) is 0 Å². The molecule has 0 amide bonds. The Morgan fingerprint density at radius 2 is 2.12 bits per heavy atom. The van der Waals surface area contributed by atoms with Crippen molar-refractivity contribution in [2.75, 3.05) is 6.54 Å². The van der Waals surface area contributed by atoms with Gasteiger partial charge in [-0.15, -0.1) is 0 Å². The van der Waals surface area contributed by atoms with Crippen LogP contribution in [0.25, 0.3) is 0 Å². The first-order chi connectivity index (χ1) is 7.65. The molecule has 2 heteroatoms. The maximum Gasteiger partial charge on any atom is 0.126 e. The number of halogens is 1. The molecule has 1 aromatic rings. The second-order valence-electron chi connectivity index (χ2n) is 4.15. The van der Waals surface area contributed by atoms with Crippen molar-refractivity contribution in [3.8, 4) is 0 Å². The zero-order valence-electron chi connectivity index (χ0n) is 10.1. The van der Waals surface area contributed by atoms with Crippen molar-refractivity contribution >= 4 is 0 Å². The van der Waals surface area contributed by atoms with E-state index in [1.54, 1.807) is 6.07 Å². The molecule has 1 aromatic carbocycles. The summed E-state index contributed by atoms with van der Waals surface area (Å²) in [6.07, 6.45) is 1.74. The topological polar surface area (TPSA) is 12.0 Å². The van der Waals surface area contributed by atoms with Crippen LogP contribution < -0.4 is 5.32 Å². The molecular weight excluding hydrogens is 201 g/mol. The third-order valence-corrected chi connectivity index (χ3v) is 2.62. The fraction of sp³-hybridized carbons (Fsp3) is 0.429. The Hall–Kier alpha value is -1.15. The van der Waals surface area contributed by atoms with Gasteiger partial charge in [0.25, 0.3) is 0 Å². The maximum atomic E-state index is 13.5. The first-order valence-corrected chi connectivity index (χ1v) is 5.77. The van der Waals surface area contributed by atoms with E-state index in [9.17, 15) is 4.39 Å². The Kier molecular flexibility index (Phi) is 5.20. The summed E-state index contributed by atoms with van der Waals surface area (Å²) in [5.41, 5.74) is 1.80. The van der Waals surface area contributed by atoms with Crippen LogP contribution in [0.3, 0.4) is 0 Å². The molecule has 0 aliphatic rings. The van der Waals surface area contributed by atoms with E-state index >= 15 is 0 Å². The summed E-state index contributed by atoms with van der Waals surface area (Å²) >= 11 is 0. The van der Waals surface area contributed by atoms with Crippen LogP contribution in [-0.4, -0.2) is 12.6 Å². The molecule has 1 atom stereocenters. The summed E-state index contributed by atoms with van der Waals surface area (Å²) in [6, 6.07) is 7.09. The highest BCUT2D eigenvalue weighted by molar-refractivity contribution is 5.21. The van der Waals surface area contributed by atoms with E-state index in [0.717, 1.165) is 24.1 Å². The predicted molar refractivity (Wildman–Crippen MR) is 67.0 cm³/mol. The molecule has 0 aromatic heterocycles. The molecular formula is C14H20FN. The van der Waals surface area contributed by atoms with Gasteiger partial charge in [0, 0.05) is 6.04 Å². The van der Waals surface area contributed by atoms with Crippen LogP contribution in [0.5, 0.6) is 0 Å². The number of hydrogen-bond acceptors (Lipinski definition) is 1. The highest BCUT2D eigenvalue weighted by Crippen LogP contribution is 2.12. The minimum atomic E-state index is -0.132. The highest BCUT2D eigenvalue weighted by atomic mass is 19.1. The van der Waals surface area contributed by atoms with Crippen LogP contribution in [0.1, 0.15) is 25.8 Å². The van der Waals surface area contributed by atoms with E-state index in [-0.39, 0.29) is 11.9 Å². The van der Waals surface area contributed by atoms with Crippen LogP contribution in [0.4, 0.5) is 4.39 Å². The monoisotopic (exact) mass is 221 g/mol. The van der Waals surface area contributed by atoms with Crippen molar-refractivity contribution in [2.24, 2.45) is 0 Å². The largest absolute Gasteiger partial charge is 0.310 e. The molecule has 0 radical (unpaired) electrons. The van der Waals surface area contributed by atoms with Crippen LogP contribution in [0, 0.1) is 5.82 Å². The normalized spacial score (nSPS) is 12.4. The smallest absolute Gasteiger partial charge is 0.126 e. The van der Waals surface area contributed by atoms with E-state index in [1.165, 1.54) is 6.07 Å². The van der Waals surface area contributed by atoms with E-state index in [2.05, 4.69) is 18.8 Å². The summed E-state index contributed by atoms with van der Waals surface area (Å²) in [5.74, 6) is -0.132. The first kappa shape index (κ1) is 12.9. The van der Waals surface area contributed by atoms with Crippen molar-refractivity contribution in [3.05, 3.63) is 47.8 Å². The number of hydrogen-bond donors (Lipinski definition) is 1. The quantitative estimate of drug-likeness (QED) is 0.727. The van der Waals surface area contributed by atoms with E-state index in [4.69, 9.17) is 0 Å². The number of benzene rings is 1.